The molecule has 8 heteroatoms. The molecule has 206 valence electrons. The van der Waals surface area contributed by atoms with Crippen LogP contribution in [-0.2, 0) is 23.9 Å². The Balaban J connectivity index is 1.56. The van der Waals surface area contributed by atoms with Crippen molar-refractivity contribution >= 4 is 17.5 Å². The van der Waals surface area contributed by atoms with Crippen LogP contribution in [0.2, 0.25) is 0 Å². The lowest BCUT2D eigenvalue weighted by Crippen LogP contribution is -2.88. The van der Waals surface area contributed by atoms with E-state index >= 15 is 0 Å². The molecule has 0 radical (unpaired) electrons. The molecule has 5 rings (SSSR count). The Morgan fingerprint density at radius 2 is 1.84 bits per heavy atom. The molecular formula is C29H43NO7. The molecule has 5 aliphatic rings. The summed E-state index contributed by atoms with van der Waals surface area (Å²) in [5, 5.41) is 26.7. The van der Waals surface area contributed by atoms with Crippen molar-refractivity contribution in [1.82, 2.24) is 5.32 Å². The smallest absolute Gasteiger partial charge is 0.310 e. The van der Waals surface area contributed by atoms with Crippen LogP contribution in [0.4, 0.5) is 0 Å². The Kier molecular flexibility index (Phi) is 6.54. The second kappa shape index (κ2) is 8.97. The van der Waals surface area contributed by atoms with E-state index in [1.54, 1.807) is 0 Å². The third-order valence-electron chi connectivity index (χ3n) is 10.8. The van der Waals surface area contributed by atoms with E-state index in [0.717, 1.165) is 25.9 Å². The van der Waals surface area contributed by atoms with Gasteiger partial charge in [-0.25, -0.2) is 0 Å². The molecule has 3 N–H and O–H groups in total. The number of ketones is 2. The lowest BCUT2D eigenvalue weighted by Gasteiger charge is -2.75. The SMILES string of the molecule is C=C1C(CCC)C2C1(OC(=O)C1CCNCC1)C(=O)C21CC2(COC)C(=O)CCC(C)(C)C2C(O)C1O. The van der Waals surface area contributed by atoms with Crippen LogP contribution in [-0.4, -0.2) is 72.4 Å². The maximum absolute atomic E-state index is 14.4. The quantitative estimate of drug-likeness (QED) is 0.362. The number of fused-ring (bicyclic) bond motifs is 3. The Hall–Kier alpha value is -1.61. The van der Waals surface area contributed by atoms with Gasteiger partial charge in [0.05, 0.1) is 35.6 Å². The summed E-state index contributed by atoms with van der Waals surface area (Å²) >= 11 is 0. The molecule has 0 bridgehead atoms. The van der Waals surface area contributed by atoms with Gasteiger partial charge in [-0.1, -0.05) is 33.8 Å². The summed E-state index contributed by atoms with van der Waals surface area (Å²) in [5.74, 6) is -2.29. The molecule has 0 aromatic heterocycles. The molecule has 4 aliphatic carbocycles. The minimum absolute atomic E-state index is 0.0220. The molecule has 0 aromatic rings. The molecule has 0 aromatic carbocycles. The van der Waals surface area contributed by atoms with Crippen molar-refractivity contribution in [1.29, 1.82) is 0 Å². The van der Waals surface area contributed by atoms with Gasteiger partial charge in [-0.05, 0) is 62.1 Å². The van der Waals surface area contributed by atoms with Gasteiger partial charge >= 0.3 is 5.97 Å². The highest BCUT2D eigenvalue weighted by Gasteiger charge is 2.88. The first-order valence-electron chi connectivity index (χ1n) is 14.0. The van der Waals surface area contributed by atoms with Crippen molar-refractivity contribution in [3.63, 3.8) is 0 Å². The number of methoxy groups -OCH3 is 1. The first-order chi connectivity index (χ1) is 17.5. The third kappa shape index (κ3) is 3.31. The highest BCUT2D eigenvalue weighted by molar-refractivity contribution is 6.08. The van der Waals surface area contributed by atoms with Gasteiger partial charge in [0, 0.05) is 25.4 Å². The van der Waals surface area contributed by atoms with Gasteiger partial charge in [0.1, 0.15) is 5.78 Å². The molecule has 0 amide bonds. The fourth-order valence-corrected chi connectivity index (χ4v) is 9.27. The molecule has 8 unspecified atom stereocenters. The number of aliphatic hydroxyl groups excluding tert-OH is 2. The number of esters is 1. The molecular weight excluding hydrogens is 474 g/mol. The Morgan fingerprint density at radius 3 is 2.46 bits per heavy atom. The second-order valence-corrected chi connectivity index (χ2v) is 13.0. The molecule has 37 heavy (non-hydrogen) atoms. The summed E-state index contributed by atoms with van der Waals surface area (Å²) in [6, 6.07) is 0. The van der Waals surface area contributed by atoms with Crippen LogP contribution < -0.4 is 5.32 Å². The number of ether oxygens (including phenoxy) is 2. The molecule has 1 heterocycles. The minimum Gasteiger partial charge on any atom is -0.446 e. The van der Waals surface area contributed by atoms with Crippen molar-refractivity contribution in [3.8, 4) is 0 Å². The Morgan fingerprint density at radius 1 is 1.16 bits per heavy atom. The summed E-state index contributed by atoms with van der Waals surface area (Å²) in [4.78, 5) is 41.3. The van der Waals surface area contributed by atoms with Crippen molar-refractivity contribution < 1.29 is 34.1 Å². The first-order valence-corrected chi connectivity index (χ1v) is 14.0. The zero-order chi connectivity index (χ0) is 27.0. The summed E-state index contributed by atoms with van der Waals surface area (Å²) < 4.78 is 11.7. The molecule has 8 atom stereocenters. The van der Waals surface area contributed by atoms with Crippen LogP contribution in [0.1, 0.15) is 65.7 Å². The van der Waals surface area contributed by atoms with E-state index in [9.17, 15) is 24.6 Å². The van der Waals surface area contributed by atoms with E-state index in [-0.39, 0.29) is 30.6 Å². The van der Waals surface area contributed by atoms with E-state index in [4.69, 9.17) is 9.47 Å². The predicted octanol–water partition coefficient (Wildman–Crippen LogP) is 2.20. The molecule has 1 aliphatic heterocycles. The number of carbonyl (C=O) groups excluding carboxylic acids is 3. The minimum atomic E-state index is -1.48. The number of nitrogens with one attached hydrogen (secondary N) is 1. The second-order valence-electron chi connectivity index (χ2n) is 13.0. The van der Waals surface area contributed by atoms with Crippen molar-refractivity contribution in [3.05, 3.63) is 12.2 Å². The van der Waals surface area contributed by atoms with Crippen LogP contribution in [0.25, 0.3) is 0 Å². The first kappa shape index (κ1) is 27.0. The van der Waals surface area contributed by atoms with E-state index in [1.165, 1.54) is 7.11 Å². The van der Waals surface area contributed by atoms with Crippen molar-refractivity contribution in [2.75, 3.05) is 26.8 Å². The summed E-state index contributed by atoms with van der Waals surface area (Å²) in [6.45, 7) is 11.8. The number of hydrogen-bond donors (Lipinski definition) is 3. The number of piperidine rings is 1. The number of Topliss-reactive ketones (excluding diaryl/α,β-unsaturated/α-hetero) is 2. The highest BCUT2D eigenvalue weighted by atomic mass is 16.6. The topological polar surface area (TPSA) is 122 Å². The maximum atomic E-state index is 14.4. The van der Waals surface area contributed by atoms with Crippen molar-refractivity contribution in [2.45, 2.75) is 83.5 Å². The van der Waals surface area contributed by atoms with Gasteiger partial charge in [0.15, 0.2) is 11.4 Å². The summed E-state index contributed by atoms with van der Waals surface area (Å²) in [5.41, 5.74) is -3.78. The molecule has 1 spiro atoms. The van der Waals surface area contributed by atoms with E-state index < -0.39 is 57.6 Å². The normalized spacial score (nSPS) is 45.0. The Labute approximate surface area is 219 Å². The van der Waals surface area contributed by atoms with Gasteiger partial charge in [0.25, 0.3) is 0 Å². The highest BCUT2D eigenvalue weighted by Crippen LogP contribution is 2.76. The summed E-state index contributed by atoms with van der Waals surface area (Å²) in [7, 11) is 1.53. The molecule has 5 fully saturated rings. The van der Waals surface area contributed by atoms with Gasteiger partial charge in [0.2, 0.25) is 0 Å². The largest absolute Gasteiger partial charge is 0.446 e. The van der Waals surface area contributed by atoms with Crippen LogP contribution in [0.3, 0.4) is 0 Å². The molecule has 8 nitrogen and oxygen atoms in total. The standard InChI is InChI=1S/C29H43NO7/c1-6-7-18-16(2)29(37-24(34)17-9-12-30-13-10-17)21(18)28(25(29)35)14-27(15-36-5)19(31)8-11-26(3,4)22(27)20(32)23(28)33/h17-18,20-23,30,32-33H,2,6-15H2,1,3-5H3. The van der Waals surface area contributed by atoms with Gasteiger partial charge in [-0.15, -0.1) is 0 Å². The van der Waals surface area contributed by atoms with Crippen LogP contribution in [0.5, 0.6) is 0 Å². The summed E-state index contributed by atoms with van der Waals surface area (Å²) in [6.07, 6.45) is 1.26. The van der Waals surface area contributed by atoms with E-state index in [1.807, 2.05) is 20.8 Å². The molecule has 4 saturated carbocycles. The van der Waals surface area contributed by atoms with Crippen molar-refractivity contribution in [2.24, 2.45) is 39.9 Å². The molecule has 1 saturated heterocycles. The monoisotopic (exact) mass is 517 g/mol. The van der Waals surface area contributed by atoms with Crippen LogP contribution in [0.15, 0.2) is 12.2 Å². The van der Waals surface area contributed by atoms with Crippen LogP contribution >= 0.6 is 0 Å². The zero-order valence-electron chi connectivity index (χ0n) is 22.7. The lowest BCUT2D eigenvalue weighted by molar-refractivity contribution is -0.296. The predicted molar refractivity (Wildman–Crippen MR) is 135 cm³/mol. The third-order valence-corrected chi connectivity index (χ3v) is 10.8. The number of aliphatic hydroxyl groups is 2. The fourth-order valence-electron chi connectivity index (χ4n) is 9.27. The zero-order valence-corrected chi connectivity index (χ0v) is 22.7. The number of carbonyl (C=O) groups is 3. The van der Waals surface area contributed by atoms with Gasteiger partial charge < -0.3 is 25.0 Å². The maximum Gasteiger partial charge on any atom is 0.310 e. The lowest BCUT2D eigenvalue weighted by atomic mass is 9.28. The number of rotatable bonds is 6. The fraction of sp³-hybridized carbons (Fsp3) is 0.828. The average molecular weight is 518 g/mol. The Bertz CT molecular complexity index is 1000. The van der Waals surface area contributed by atoms with Gasteiger partial charge in [-0.3, -0.25) is 14.4 Å². The van der Waals surface area contributed by atoms with Gasteiger partial charge in [-0.2, -0.15) is 0 Å². The van der Waals surface area contributed by atoms with E-state index in [2.05, 4.69) is 11.9 Å². The van der Waals surface area contributed by atoms with E-state index in [0.29, 0.717) is 31.3 Å². The average Bonchev–Trinajstić information content (AvgIpc) is 2.87. The van der Waals surface area contributed by atoms with Crippen LogP contribution in [0, 0.1) is 39.9 Å². The number of hydrogen-bond acceptors (Lipinski definition) is 8.